The molecule has 0 fully saturated rings. The molecule has 1 N–H and O–H groups in total. The molecular formula is C10H13BrN2O2S. The van der Waals surface area contributed by atoms with Gasteiger partial charge in [0.15, 0.2) is 0 Å². The molecule has 0 bridgehead atoms. The Morgan fingerprint density at radius 1 is 1.44 bits per heavy atom. The molecule has 0 aliphatic rings. The Hall–Kier alpha value is -0.720. The van der Waals surface area contributed by atoms with Crippen LogP contribution in [0.3, 0.4) is 0 Å². The van der Waals surface area contributed by atoms with Crippen LogP contribution in [-0.4, -0.2) is 25.7 Å². The predicted molar refractivity (Wildman–Crippen MR) is 67.8 cm³/mol. The van der Waals surface area contributed by atoms with Crippen LogP contribution in [0.5, 0.6) is 0 Å². The zero-order chi connectivity index (χ0) is 12.0. The van der Waals surface area contributed by atoms with Gasteiger partial charge in [0.2, 0.25) is 10.0 Å². The van der Waals surface area contributed by atoms with E-state index in [0.717, 1.165) is 5.56 Å². The van der Waals surface area contributed by atoms with Gasteiger partial charge in [0.1, 0.15) is 0 Å². The van der Waals surface area contributed by atoms with E-state index in [1.54, 1.807) is 24.5 Å². The first-order chi connectivity index (χ1) is 7.49. The highest BCUT2D eigenvalue weighted by atomic mass is 79.9. The third-order valence-electron chi connectivity index (χ3n) is 1.89. The summed E-state index contributed by atoms with van der Waals surface area (Å²) in [4.78, 5) is 3.87. The van der Waals surface area contributed by atoms with Crippen molar-refractivity contribution < 1.29 is 8.42 Å². The summed E-state index contributed by atoms with van der Waals surface area (Å²) in [6.07, 6.45) is 3.78. The Bertz CT molecular complexity index is 445. The molecule has 0 aliphatic heterocycles. The summed E-state index contributed by atoms with van der Waals surface area (Å²) in [5.74, 6) is 0.0668. The molecule has 16 heavy (non-hydrogen) atoms. The van der Waals surface area contributed by atoms with Crippen molar-refractivity contribution in [2.24, 2.45) is 0 Å². The molecule has 0 atom stereocenters. The summed E-state index contributed by atoms with van der Waals surface area (Å²) in [6, 6.07) is 3.61. The first-order valence-corrected chi connectivity index (χ1v) is 7.14. The van der Waals surface area contributed by atoms with E-state index in [9.17, 15) is 8.42 Å². The normalized spacial score (nSPS) is 11.3. The van der Waals surface area contributed by atoms with Crippen LogP contribution in [0.15, 0.2) is 35.6 Å². The number of aryl methyl sites for hydroxylation is 1. The zero-order valence-electron chi connectivity index (χ0n) is 8.69. The third-order valence-corrected chi connectivity index (χ3v) is 3.50. The second-order valence-corrected chi connectivity index (χ2v) is 6.31. The van der Waals surface area contributed by atoms with Gasteiger partial charge in [-0.1, -0.05) is 22.5 Å². The minimum Gasteiger partial charge on any atom is -0.265 e. The fourth-order valence-electron chi connectivity index (χ4n) is 1.06. The number of pyridine rings is 1. The molecule has 6 heteroatoms. The molecule has 1 rings (SSSR count). The van der Waals surface area contributed by atoms with Crippen LogP contribution in [0.4, 0.5) is 0 Å². The van der Waals surface area contributed by atoms with Gasteiger partial charge in [-0.2, -0.15) is 0 Å². The van der Waals surface area contributed by atoms with Crippen molar-refractivity contribution in [3.05, 3.63) is 41.2 Å². The van der Waals surface area contributed by atoms with Crippen molar-refractivity contribution in [3.8, 4) is 0 Å². The molecule has 1 aromatic rings. The van der Waals surface area contributed by atoms with E-state index in [1.807, 2.05) is 0 Å². The van der Waals surface area contributed by atoms with E-state index in [4.69, 9.17) is 0 Å². The van der Waals surface area contributed by atoms with Gasteiger partial charge in [-0.05, 0) is 24.1 Å². The molecule has 0 aromatic carbocycles. The van der Waals surface area contributed by atoms with Gasteiger partial charge in [0.05, 0.1) is 5.75 Å². The Morgan fingerprint density at radius 3 is 2.62 bits per heavy atom. The molecule has 0 radical (unpaired) electrons. The number of halogens is 1. The van der Waals surface area contributed by atoms with Crippen LogP contribution in [0.2, 0.25) is 0 Å². The highest BCUT2D eigenvalue weighted by molar-refractivity contribution is 9.11. The maximum absolute atomic E-state index is 11.5. The van der Waals surface area contributed by atoms with E-state index in [0.29, 0.717) is 10.9 Å². The van der Waals surface area contributed by atoms with Gasteiger partial charge in [-0.3, -0.25) is 4.98 Å². The fraction of sp³-hybridized carbons (Fsp3) is 0.300. The first-order valence-electron chi connectivity index (χ1n) is 4.69. The Kier molecular flexibility index (Phi) is 5.11. The van der Waals surface area contributed by atoms with Crippen LogP contribution in [0, 0.1) is 0 Å². The highest BCUT2D eigenvalue weighted by Gasteiger charge is 2.09. The molecule has 0 aliphatic carbocycles. The van der Waals surface area contributed by atoms with E-state index >= 15 is 0 Å². The molecule has 0 saturated heterocycles. The second-order valence-electron chi connectivity index (χ2n) is 3.26. The summed E-state index contributed by atoms with van der Waals surface area (Å²) in [6.45, 7) is 3.78. The Labute approximate surface area is 104 Å². The lowest BCUT2D eigenvalue weighted by molar-refractivity contribution is 0.584. The minimum atomic E-state index is -3.24. The van der Waals surface area contributed by atoms with Crippen molar-refractivity contribution in [2.45, 2.75) is 6.42 Å². The number of hydrogen-bond acceptors (Lipinski definition) is 3. The lowest BCUT2D eigenvalue weighted by atomic mass is 10.2. The smallest absolute Gasteiger partial charge is 0.212 e. The summed E-state index contributed by atoms with van der Waals surface area (Å²) in [5.41, 5.74) is 0.957. The van der Waals surface area contributed by atoms with E-state index in [-0.39, 0.29) is 12.3 Å². The first kappa shape index (κ1) is 13.3. The number of nitrogens with zero attached hydrogens (tertiary/aromatic N) is 1. The number of sulfonamides is 1. The van der Waals surface area contributed by atoms with Crippen molar-refractivity contribution in [1.29, 1.82) is 0 Å². The molecule has 88 valence electrons. The molecule has 4 nitrogen and oxygen atoms in total. The molecule has 0 spiro atoms. The number of rotatable bonds is 6. The molecule has 0 saturated carbocycles. The molecule has 1 heterocycles. The van der Waals surface area contributed by atoms with Crippen molar-refractivity contribution >= 4 is 26.0 Å². The van der Waals surface area contributed by atoms with E-state index < -0.39 is 10.0 Å². The molecular weight excluding hydrogens is 292 g/mol. The summed E-state index contributed by atoms with van der Waals surface area (Å²) >= 11 is 3.09. The highest BCUT2D eigenvalue weighted by Crippen LogP contribution is 2.02. The maximum Gasteiger partial charge on any atom is 0.212 e. The van der Waals surface area contributed by atoms with E-state index in [2.05, 4.69) is 32.2 Å². The lowest BCUT2D eigenvalue weighted by Gasteiger charge is -2.05. The average Bonchev–Trinajstić information content (AvgIpc) is 2.26. The Balaban J connectivity index is 2.45. The molecule has 1 aromatic heterocycles. The van der Waals surface area contributed by atoms with Gasteiger partial charge >= 0.3 is 0 Å². The molecule has 0 amide bonds. The van der Waals surface area contributed by atoms with Gasteiger partial charge in [-0.25, -0.2) is 13.1 Å². The largest absolute Gasteiger partial charge is 0.265 e. The number of aromatic nitrogens is 1. The fourth-order valence-corrected chi connectivity index (χ4v) is 2.43. The van der Waals surface area contributed by atoms with Crippen molar-refractivity contribution in [1.82, 2.24) is 9.71 Å². The average molecular weight is 305 g/mol. The van der Waals surface area contributed by atoms with Gasteiger partial charge in [0, 0.05) is 23.4 Å². The van der Waals surface area contributed by atoms with E-state index in [1.165, 1.54) is 0 Å². The number of hydrogen-bond donors (Lipinski definition) is 1. The van der Waals surface area contributed by atoms with Gasteiger partial charge in [-0.15, -0.1) is 0 Å². The second kappa shape index (κ2) is 6.12. The summed E-state index contributed by atoms with van der Waals surface area (Å²) in [7, 11) is -3.24. The lowest BCUT2D eigenvalue weighted by Crippen LogP contribution is -2.28. The summed E-state index contributed by atoms with van der Waals surface area (Å²) < 4.78 is 26.1. The van der Waals surface area contributed by atoms with Crippen LogP contribution >= 0.6 is 15.9 Å². The zero-order valence-corrected chi connectivity index (χ0v) is 11.1. The monoisotopic (exact) mass is 304 g/mol. The predicted octanol–water partition coefficient (Wildman–Crippen LogP) is 1.45. The number of nitrogens with one attached hydrogen (secondary N) is 1. The summed E-state index contributed by atoms with van der Waals surface area (Å²) in [5, 5.41) is 0. The third kappa shape index (κ3) is 5.39. The Morgan fingerprint density at radius 2 is 2.06 bits per heavy atom. The SMILES string of the molecule is C=C(Br)CNS(=O)(=O)CCc1ccncc1. The van der Waals surface area contributed by atoms with Crippen LogP contribution in [-0.2, 0) is 16.4 Å². The maximum atomic E-state index is 11.5. The van der Waals surface area contributed by atoms with Crippen molar-refractivity contribution in [2.75, 3.05) is 12.3 Å². The minimum absolute atomic E-state index is 0.0668. The standard InChI is InChI=1S/C10H13BrN2O2S/c1-9(11)8-13-16(14,15)7-4-10-2-5-12-6-3-10/h2-3,5-6,13H,1,4,7-8H2. The topological polar surface area (TPSA) is 59.1 Å². The van der Waals surface area contributed by atoms with Crippen molar-refractivity contribution in [3.63, 3.8) is 0 Å². The molecule has 0 unspecified atom stereocenters. The van der Waals surface area contributed by atoms with Crippen LogP contribution in [0.1, 0.15) is 5.56 Å². The van der Waals surface area contributed by atoms with Crippen LogP contribution in [0.25, 0.3) is 0 Å². The quantitative estimate of drug-likeness (QED) is 0.865. The van der Waals surface area contributed by atoms with Gasteiger partial charge < -0.3 is 0 Å². The van der Waals surface area contributed by atoms with Crippen LogP contribution < -0.4 is 4.72 Å². The van der Waals surface area contributed by atoms with Gasteiger partial charge in [0.25, 0.3) is 0 Å².